The molecule has 2 aromatic carbocycles. The molecule has 2 heteroatoms. The third-order valence-electron chi connectivity index (χ3n) is 2.41. The van der Waals surface area contributed by atoms with E-state index in [-0.39, 0.29) is 5.56 Å². The summed E-state index contributed by atoms with van der Waals surface area (Å²) in [6, 6.07) is 6.49. The summed E-state index contributed by atoms with van der Waals surface area (Å²) in [4.78, 5) is 0. The van der Waals surface area contributed by atoms with Crippen LogP contribution in [-0.2, 0) is 0 Å². The number of fused-ring (bicyclic) bond motifs is 1. The van der Waals surface area contributed by atoms with Crippen molar-refractivity contribution < 1.29 is 8.78 Å². The van der Waals surface area contributed by atoms with Crippen molar-refractivity contribution in [1.29, 1.82) is 0 Å². The monoisotopic (exact) mass is 202 g/mol. The molecule has 0 heterocycles. The maximum absolute atomic E-state index is 13.4. The second-order valence-corrected chi connectivity index (χ2v) is 3.36. The molecule has 0 saturated carbocycles. The van der Waals surface area contributed by atoms with Crippen molar-refractivity contribution in [2.45, 2.75) is 6.92 Å². The van der Waals surface area contributed by atoms with Crippen LogP contribution in [0.25, 0.3) is 10.8 Å². The van der Waals surface area contributed by atoms with Gasteiger partial charge in [0.2, 0.25) is 0 Å². The van der Waals surface area contributed by atoms with E-state index in [1.165, 1.54) is 6.07 Å². The molecular formula is C13H8F2. The summed E-state index contributed by atoms with van der Waals surface area (Å²) in [5.41, 5.74) is 0.849. The molecule has 0 radical (unpaired) electrons. The van der Waals surface area contributed by atoms with Gasteiger partial charge in [-0.2, -0.15) is 0 Å². The summed E-state index contributed by atoms with van der Waals surface area (Å²) in [7, 11) is 0. The number of hydrogen-bond donors (Lipinski definition) is 0. The van der Waals surface area contributed by atoms with Gasteiger partial charge in [0.25, 0.3) is 0 Å². The van der Waals surface area contributed by atoms with Gasteiger partial charge in [0, 0.05) is 5.39 Å². The van der Waals surface area contributed by atoms with Crippen LogP contribution >= 0.6 is 0 Å². The first kappa shape index (κ1) is 9.67. The van der Waals surface area contributed by atoms with Crippen molar-refractivity contribution in [3.63, 3.8) is 0 Å². The molecule has 2 aromatic rings. The van der Waals surface area contributed by atoms with E-state index in [2.05, 4.69) is 5.92 Å². The van der Waals surface area contributed by atoms with Crippen LogP contribution in [-0.4, -0.2) is 0 Å². The Balaban J connectivity index is 3.04. The Bertz CT molecular complexity index is 577. The van der Waals surface area contributed by atoms with E-state index < -0.39 is 11.6 Å². The maximum atomic E-state index is 13.4. The molecule has 0 aliphatic carbocycles. The molecule has 0 spiro atoms. The predicted octanol–water partition coefficient (Wildman–Crippen LogP) is 3.41. The average Bonchev–Trinajstić information content (AvgIpc) is 2.21. The fourth-order valence-corrected chi connectivity index (χ4v) is 1.72. The summed E-state index contributed by atoms with van der Waals surface area (Å²) in [5, 5.41) is 1.24. The SMILES string of the molecule is C#Cc1c(F)c(F)cc2cccc(C)c12. The molecule has 2 rings (SSSR count). The van der Waals surface area contributed by atoms with E-state index in [1.807, 2.05) is 13.0 Å². The topological polar surface area (TPSA) is 0 Å². The molecule has 0 nitrogen and oxygen atoms in total. The molecule has 0 atom stereocenters. The van der Waals surface area contributed by atoms with Crippen LogP contribution in [0.4, 0.5) is 8.78 Å². The molecule has 0 saturated heterocycles. The summed E-state index contributed by atoms with van der Waals surface area (Å²) in [5.74, 6) is 0.358. The Morgan fingerprint density at radius 2 is 2.00 bits per heavy atom. The highest BCUT2D eigenvalue weighted by molar-refractivity contribution is 5.91. The lowest BCUT2D eigenvalue weighted by Crippen LogP contribution is -1.93. The smallest absolute Gasteiger partial charge is 0.175 e. The number of halogens is 2. The van der Waals surface area contributed by atoms with E-state index in [0.29, 0.717) is 10.8 Å². The maximum Gasteiger partial charge on any atom is 0.175 e. The number of terminal acetylenes is 1. The Kier molecular flexibility index (Phi) is 2.17. The van der Waals surface area contributed by atoms with Gasteiger partial charge in [-0.05, 0) is 23.9 Å². The van der Waals surface area contributed by atoms with Crippen LogP contribution in [0.3, 0.4) is 0 Å². The second-order valence-electron chi connectivity index (χ2n) is 3.36. The van der Waals surface area contributed by atoms with Crippen molar-refractivity contribution in [3.8, 4) is 12.3 Å². The van der Waals surface area contributed by atoms with E-state index in [9.17, 15) is 8.78 Å². The molecule has 0 N–H and O–H groups in total. The minimum atomic E-state index is -0.945. The van der Waals surface area contributed by atoms with Gasteiger partial charge in [0.15, 0.2) is 11.6 Å². The fourth-order valence-electron chi connectivity index (χ4n) is 1.72. The molecule has 0 amide bonds. The lowest BCUT2D eigenvalue weighted by atomic mass is 9.99. The van der Waals surface area contributed by atoms with Crippen LogP contribution < -0.4 is 0 Å². The van der Waals surface area contributed by atoms with Crippen LogP contribution in [0.5, 0.6) is 0 Å². The average molecular weight is 202 g/mol. The lowest BCUT2D eigenvalue weighted by molar-refractivity contribution is 0.509. The van der Waals surface area contributed by atoms with Gasteiger partial charge in [-0.25, -0.2) is 8.78 Å². The van der Waals surface area contributed by atoms with Crippen LogP contribution in [0, 0.1) is 30.9 Å². The second kappa shape index (κ2) is 3.36. The highest BCUT2D eigenvalue weighted by Crippen LogP contribution is 2.26. The normalized spacial score (nSPS) is 10.3. The highest BCUT2D eigenvalue weighted by atomic mass is 19.2. The lowest BCUT2D eigenvalue weighted by Gasteiger charge is -2.06. The zero-order valence-electron chi connectivity index (χ0n) is 8.14. The zero-order valence-corrected chi connectivity index (χ0v) is 8.14. The number of rotatable bonds is 0. The van der Waals surface area contributed by atoms with Crippen molar-refractivity contribution in [3.05, 3.63) is 47.0 Å². The molecule has 15 heavy (non-hydrogen) atoms. The molecule has 0 fully saturated rings. The van der Waals surface area contributed by atoms with Crippen LogP contribution in [0.1, 0.15) is 11.1 Å². The molecular weight excluding hydrogens is 194 g/mol. The first-order valence-electron chi connectivity index (χ1n) is 4.49. The minimum Gasteiger partial charge on any atom is -0.204 e. The van der Waals surface area contributed by atoms with Gasteiger partial charge in [0.05, 0.1) is 5.56 Å². The number of benzene rings is 2. The highest BCUT2D eigenvalue weighted by Gasteiger charge is 2.12. The van der Waals surface area contributed by atoms with Gasteiger partial charge in [-0.15, -0.1) is 6.42 Å². The largest absolute Gasteiger partial charge is 0.204 e. The van der Waals surface area contributed by atoms with Crippen molar-refractivity contribution in [1.82, 2.24) is 0 Å². The molecule has 0 bridgehead atoms. The van der Waals surface area contributed by atoms with E-state index in [4.69, 9.17) is 6.42 Å². The van der Waals surface area contributed by atoms with Gasteiger partial charge in [-0.1, -0.05) is 24.1 Å². The van der Waals surface area contributed by atoms with Crippen molar-refractivity contribution >= 4 is 10.8 Å². The summed E-state index contributed by atoms with van der Waals surface area (Å²) in [6.07, 6.45) is 5.20. The predicted molar refractivity (Wildman–Crippen MR) is 56.5 cm³/mol. The third-order valence-corrected chi connectivity index (χ3v) is 2.41. The van der Waals surface area contributed by atoms with Gasteiger partial charge in [0.1, 0.15) is 0 Å². The Labute approximate surface area is 86.5 Å². The molecule has 0 aliphatic rings. The molecule has 74 valence electrons. The Morgan fingerprint density at radius 1 is 1.27 bits per heavy atom. The molecule has 0 aromatic heterocycles. The first-order valence-corrected chi connectivity index (χ1v) is 4.49. The van der Waals surface area contributed by atoms with Crippen molar-refractivity contribution in [2.24, 2.45) is 0 Å². The number of aryl methyl sites for hydroxylation is 1. The van der Waals surface area contributed by atoms with E-state index in [1.54, 1.807) is 12.1 Å². The summed E-state index contributed by atoms with van der Waals surface area (Å²) in [6.45, 7) is 1.82. The van der Waals surface area contributed by atoms with Gasteiger partial charge >= 0.3 is 0 Å². The van der Waals surface area contributed by atoms with E-state index in [0.717, 1.165) is 5.56 Å². The number of hydrogen-bond acceptors (Lipinski definition) is 0. The minimum absolute atomic E-state index is 0.00287. The van der Waals surface area contributed by atoms with Crippen LogP contribution in [0.2, 0.25) is 0 Å². The fraction of sp³-hybridized carbons (Fsp3) is 0.0769. The van der Waals surface area contributed by atoms with E-state index >= 15 is 0 Å². The third kappa shape index (κ3) is 1.37. The van der Waals surface area contributed by atoms with Crippen molar-refractivity contribution in [2.75, 3.05) is 0 Å². The Morgan fingerprint density at radius 3 is 2.67 bits per heavy atom. The van der Waals surface area contributed by atoms with Crippen LogP contribution in [0.15, 0.2) is 24.3 Å². The standard InChI is InChI=1S/C13H8F2/c1-3-10-12-8(2)5-4-6-9(12)7-11(14)13(10)15/h1,4-7H,2H3. The molecule has 0 aliphatic heterocycles. The zero-order chi connectivity index (χ0) is 11.0. The quantitative estimate of drug-likeness (QED) is 0.574. The van der Waals surface area contributed by atoms with Gasteiger partial charge in [-0.3, -0.25) is 0 Å². The first-order chi connectivity index (χ1) is 7.15. The molecule has 0 unspecified atom stereocenters. The summed E-state index contributed by atoms with van der Waals surface area (Å²) >= 11 is 0. The Hall–Kier alpha value is -1.88. The van der Waals surface area contributed by atoms with Gasteiger partial charge < -0.3 is 0 Å². The summed E-state index contributed by atoms with van der Waals surface area (Å²) < 4.78 is 26.6.